The van der Waals surface area contributed by atoms with Gasteiger partial charge in [0.25, 0.3) is 0 Å². The maximum absolute atomic E-state index is 12.4. The fourth-order valence-electron chi connectivity index (χ4n) is 1.30. The summed E-state index contributed by atoms with van der Waals surface area (Å²) in [4.78, 5) is 27.3. The minimum atomic E-state index is -4.43. The van der Waals surface area contributed by atoms with Crippen LogP contribution in [0.1, 0.15) is 27.7 Å². The molecule has 122 valence electrons. The zero-order chi connectivity index (χ0) is 17.1. The molecular weight excluding hydrogens is 334 g/mol. The van der Waals surface area contributed by atoms with Crippen molar-refractivity contribution in [1.29, 1.82) is 0 Å². The van der Waals surface area contributed by atoms with E-state index < -0.39 is 27.7 Å². The molecular formula is C13H16ClNO6S. The lowest BCUT2D eigenvalue weighted by atomic mass is 10.2. The Morgan fingerprint density at radius 2 is 1.64 bits per heavy atom. The highest BCUT2D eigenvalue weighted by atomic mass is 35.5. The van der Waals surface area contributed by atoms with Crippen LogP contribution in [0.15, 0.2) is 29.2 Å². The number of sulfonamides is 1. The molecule has 0 atom stereocenters. The molecule has 1 aromatic carbocycles. The summed E-state index contributed by atoms with van der Waals surface area (Å²) in [5, 5.41) is 0.315. The molecule has 9 heteroatoms. The lowest BCUT2D eigenvalue weighted by Crippen LogP contribution is -2.41. The number of ether oxygens (including phenoxy) is 1. The van der Waals surface area contributed by atoms with Crippen LogP contribution in [0, 0.1) is 0 Å². The molecule has 1 aromatic rings. The fraction of sp³-hybridized carbons (Fsp3) is 0.385. The monoisotopic (exact) mass is 349 g/mol. The van der Waals surface area contributed by atoms with Crippen molar-refractivity contribution in [3.63, 3.8) is 0 Å². The van der Waals surface area contributed by atoms with E-state index in [1.165, 1.54) is 24.3 Å². The normalized spacial score (nSPS) is 11.7. The van der Waals surface area contributed by atoms with E-state index >= 15 is 0 Å². The molecule has 0 saturated heterocycles. The van der Waals surface area contributed by atoms with Gasteiger partial charge in [0, 0.05) is 11.9 Å². The molecule has 0 aliphatic heterocycles. The van der Waals surface area contributed by atoms with Crippen LogP contribution < -0.4 is 0 Å². The number of nitrogens with zero attached hydrogens (tertiary/aromatic N) is 1. The number of rotatable bonds is 2. The van der Waals surface area contributed by atoms with Crippen molar-refractivity contribution in [2.75, 3.05) is 0 Å². The van der Waals surface area contributed by atoms with Gasteiger partial charge in [-0.05, 0) is 49.5 Å². The standard InChI is InChI=1S/C13H16ClNO6S/c1-9(16)21-15(12(17)20-13(2,3)4)22(18,19)11-7-5-10(14)6-8-11/h5-8H,1-4H3. The average molecular weight is 350 g/mol. The molecule has 0 bridgehead atoms. The number of carbonyl (C=O) groups excluding carboxylic acids is 2. The van der Waals surface area contributed by atoms with E-state index in [1.54, 1.807) is 20.8 Å². The predicted octanol–water partition coefficient (Wildman–Crippen LogP) is 2.74. The number of amides is 1. The van der Waals surface area contributed by atoms with Gasteiger partial charge >= 0.3 is 22.1 Å². The van der Waals surface area contributed by atoms with Crippen LogP contribution in [0.3, 0.4) is 0 Å². The average Bonchev–Trinajstić information content (AvgIpc) is 2.34. The molecule has 22 heavy (non-hydrogen) atoms. The Kier molecular flexibility index (Phi) is 5.42. The topological polar surface area (TPSA) is 90.0 Å². The van der Waals surface area contributed by atoms with Gasteiger partial charge in [0.05, 0.1) is 4.90 Å². The van der Waals surface area contributed by atoms with Crippen LogP contribution in [0.25, 0.3) is 0 Å². The largest absolute Gasteiger partial charge is 0.459 e. The molecule has 0 fully saturated rings. The fourth-order valence-corrected chi connectivity index (χ4v) is 2.54. The van der Waals surface area contributed by atoms with Crippen LogP contribution in [-0.2, 0) is 24.4 Å². The smallest absolute Gasteiger partial charge is 0.441 e. The van der Waals surface area contributed by atoms with Crippen molar-refractivity contribution >= 4 is 33.7 Å². The third-order valence-electron chi connectivity index (χ3n) is 2.08. The zero-order valence-electron chi connectivity index (χ0n) is 12.5. The van der Waals surface area contributed by atoms with Crippen molar-refractivity contribution in [2.45, 2.75) is 38.2 Å². The first-order valence-electron chi connectivity index (χ1n) is 6.16. The second kappa shape index (κ2) is 6.53. The third kappa shape index (κ3) is 4.88. The highest BCUT2D eigenvalue weighted by Crippen LogP contribution is 2.21. The summed E-state index contributed by atoms with van der Waals surface area (Å²) >= 11 is 5.69. The van der Waals surface area contributed by atoms with Gasteiger partial charge in [-0.1, -0.05) is 11.6 Å². The van der Waals surface area contributed by atoms with E-state index in [1.807, 2.05) is 0 Å². The second-order valence-corrected chi connectivity index (χ2v) is 7.44. The van der Waals surface area contributed by atoms with Crippen LogP contribution in [0.5, 0.6) is 0 Å². The molecule has 7 nitrogen and oxygen atoms in total. The first-order chi connectivity index (χ1) is 9.93. The molecule has 1 rings (SSSR count). The maximum Gasteiger partial charge on any atom is 0.459 e. The third-order valence-corrected chi connectivity index (χ3v) is 3.86. The maximum atomic E-state index is 12.4. The molecule has 0 aromatic heterocycles. The Morgan fingerprint density at radius 3 is 2.05 bits per heavy atom. The second-order valence-electron chi connectivity index (χ2n) is 5.25. The molecule has 1 amide bonds. The molecule has 0 N–H and O–H groups in total. The summed E-state index contributed by atoms with van der Waals surface area (Å²) in [7, 11) is -4.43. The van der Waals surface area contributed by atoms with Crippen LogP contribution in [0.2, 0.25) is 5.02 Å². The summed E-state index contributed by atoms with van der Waals surface area (Å²) in [6, 6.07) is 5.02. The number of carbonyl (C=O) groups is 2. The van der Waals surface area contributed by atoms with Gasteiger partial charge in [-0.25, -0.2) is 9.59 Å². The van der Waals surface area contributed by atoms with E-state index in [-0.39, 0.29) is 9.36 Å². The van der Waals surface area contributed by atoms with E-state index in [4.69, 9.17) is 16.3 Å². The Balaban J connectivity index is 3.23. The van der Waals surface area contributed by atoms with Crippen molar-refractivity contribution in [3.05, 3.63) is 29.3 Å². The summed E-state index contributed by atoms with van der Waals surface area (Å²) < 4.78 is 29.7. The van der Waals surface area contributed by atoms with E-state index in [0.29, 0.717) is 5.02 Å². The highest BCUT2D eigenvalue weighted by molar-refractivity contribution is 7.89. The number of halogens is 1. The minimum absolute atomic E-state index is 0.0795. The van der Waals surface area contributed by atoms with E-state index in [0.717, 1.165) is 6.92 Å². The molecule has 0 radical (unpaired) electrons. The number of hydroxylamine groups is 1. The Labute approximate surface area is 133 Å². The number of hydrogen-bond donors (Lipinski definition) is 0. The number of hydrogen-bond acceptors (Lipinski definition) is 6. The minimum Gasteiger partial charge on any atom is -0.441 e. The lowest BCUT2D eigenvalue weighted by molar-refractivity contribution is -0.164. The van der Waals surface area contributed by atoms with Gasteiger partial charge in [0.2, 0.25) is 0 Å². The Morgan fingerprint density at radius 1 is 1.14 bits per heavy atom. The summed E-state index contributed by atoms with van der Waals surface area (Å²) in [6.45, 7) is 5.61. The Bertz CT molecular complexity index is 663. The quantitative estimate of drug-likeness (QED) is 0.762. The summed E-state index contributed by atoms with van der Waals surface area (Å²) in [5.74, 6) is -0.983. The Hall–Kier alpha value is -1.80. The van der Waals surface area contributed by atoms with E-state index in [2.05, 4.69) is 4.84 Å². The van der Waals surface area contributed by atoms with Crippen molar-refractivity contribution < 1.29 is 27.6 Å². The number of benzene rings is 1. The molecule has 0 aliphatic rings. The van der Waals surface area contributed by atoms with Crippen molar-refractivity contribution in [3.8, 4) is 0 Å². The molecule has 0 spiro atoms. The van der Waals surface area contributed by atoms with Crippen molar-refractivity contribution in [2.24, 2.45) is 0 Å². The molecule has 0 aliphatic carbocycles. The SMILES string of the molecule is CC(=O)ON(C(=O)OC(C)(C)C)S(=O)(=O)c1ccc(Cl)cc1. The molecule has 0 heterocycles. The van der Waals surface area contributed by atoms with E-state index in [9.17, 15) is 18.0 Å². The van der Waals surface area contributed by atoms with Crippen LogP contribution >= 0.6 is 11.6 Å². The van der Waals surface area contributed by atoms with Gasteiger partial charge in [-0.2, -0.15) is 8.42 Å². The van der Waals surface area contributed by atoms with Gasteiger partial charge < -0.3 is 9.57 Å². The van der Waals surface area contributed by atoms with Gasteiger partial charge in [0.1, 0.15) is 5.60 Å². The van der Waals surface area contributed by atoms with Gasteiger partial charge in [-0.15, -0.1) is 0 Å². The van der Waals surface area contributed by atoms with Gasteiger partial charge in [0.15, 0.2) is 0 Å². The predicted molar refractivity (Wildman–Crippen MR) is 78.5 cm³/mol. The lowest BCUT2D eigenvalue weighted by Gasteiger charge is -2.25. The van der Waals surface area contributed by atoms with Crippen molar-refractivity contribution in [1.82, 2.24) is 4.47 Å². The first-order valence-corrected chi connectivity index (χ1v) is 7.98. The van der Waals surface area contributed by atoms with Crippen LogP contribution in [0.4, 0.5) is 4.79 Å². The molecule has 0 unspecified atom stereocenters. The summed E-state index contributed by atoms with van der Waals surface area (Å²) in [5.41, 5.74) is -0.967. The van der Waals surface area contributed by atoms with Crippen LogP contribution in [-0.4, -0.2) is 30.5 Å². The highest BCUT2D eigenvalue weighted by Gasteiger charge is 2.36. The zero-order valence-corrected chi connectivity index (χ0v) is 14.1. The first kappa shape index (κ1) is 18.2. The summed E-state index contributed by atoms with van der Waals surface area (Å²) in [6.07, 6.45) is -1.32. The van der Waals surface area contributed by atoms with Gasteiger partial charge in [-0.3, -0.25) is 0 Å². The molecule has 0 saturated carbocycles.